The van der Waals surface area contributed by atoms with Crippen molar-refractivity contribution in [2.45, 2.75) is 31.8 Å². The minimum absolute atomic E-state index is 0.0321. The first kappa shape index (κ1) is 11.6. The van der Waals surface area contributed by atoms with Crippen LogP contribution in [0.4, 0.5) is 0 Å². The van der Waals surface area contributed by atoms with Gasteiger partial charge in [0.15, 0.2) is 17.2 Å². The highest BCUT2D eigenvalue weighted by atomic mass is 16.5. The molecule has 1 fully saturated rings. The molecule has 5 nitrogen and oxygen atoms in total. The molecule has 0 saturated heterocycles. The Labute approximate surface area is 98.3 Å². The Balaban J connectivity index is 2.13. The summed E-state index contributed by atoms with van der Waals surface area (Å²) in [5, 5.41) is 27.7. The average molecular weight is 238 g/mol. The number of hydrogen-bond acceptors (Lipinski definition) is 5. The molecular weight excluding hydrogens is 224 g/mol. The zero-order chi connectivity index (χ0) is 12.4. The Bertz CT molecular complexity index is 412. The molecule has 1 aromatic rings. The molecule has 92 valence electrons. The van der Waals surface area contributed by atoms with Crippen molar-refractivity contribution in [3.05, 3.63) is 17.7 Å². The SMILES string of the molecule is O=C(OC1CCCC1)c1cc(O)c(O)c(O)c1. The van der Waals surface area contributed by atoms with Crippen LogP contribution in [0.15, 0.2) is 12.1 Å². The number of hydrogen-bond donors (Lipinski definition) is 3. The second-order valence-corrected chi connectivity index (χ2v) is 4.17. The van der Waals surface area contributed by atoms with Crippen LogP contribution in [0.5, 0.6) is 17.2 Å². The molecule has 0 heterocycles. The van der Waals surface area contributed by atoms with E-state index in [1.54, 1.807) is 0 Å². The number of carbonyl (C=O) groups is 1. The van der Waals surface area contributed by atoms with Crippen LogP contribution in [-0.4, -0.2) is 27.4 Å². The van der Waals surface area contributed by atoms with Crippen LogP contribution < -0.4 is 0 Å². The lowest BCUT2D eigenvalue weighted by molar-refractivity contribution is 0.0317. The van der Waals surface area contributed by atoms with E-state index in [0.717, 1.165) is 37.8 Å². The molecule has 3 N–H and O–H groups in total. The van der Waals surface area contributed by atoms with Gasteiger partial charge in [-0.3, -0.25) is 0 Å². The van der Waals surface area contributed by atoms with E-state index in [0.29, 0.717) is 0 Å². The van der Waals surface area contributed by atoms with Crippen molar-refractivity contribution >= 4 is 5.97 Å². The van der Waals surface area contributed by atoms with E-state index in [9.17, 15) is 15.0 Å². The van der Waals surface area contributed by atoms with E-state index in [4.69, 9.17) is 9.84 Å². The van der Waals surface area contributed by atoms with E-state index < -0.39 is 23.2 Å². The molecule has 0 atom stereocenters. The number of phenols is 3. The largest absolute Gasteiger partial charge is 0.504 e. The standard InChI is InChI=1S/C12H14O5/c13-9-5-7(6-10(14)11(9)15)12(16)17-8-3-1-2-4-8/h5-6,8,13-15H,1-4H2. The first-order chi connectivity index (χ1) is 8.08. The molecule has 0 unspecified atom stereocenters. The maximum absolute atomic E-state index is 11.7. The second-order valence-electron chi connectivity index (χ2n) is 4.17. The minimum atomic E-state index is -0.637. The second kappa shape index (κ2) is 4.53. The molecule has 0 aliphatic heterocycles. The minimum Gasteiger partial charge on any atom is -0.504 e. The van der Waals surface area contributed by atoms with E-state index in [1.807, 2.05) is 0 Å². The van der Waals surface area contributed by atoms with Crippen molar-refractivity contribution in [3.8, 4) is 17.2 Å². The van der Waals surface area contributed by atoms with Crippen molar-refractivity contribution in [2.75, 3.05) is 0 Å². The summed E-state index contributed by atoms with van der Waals surface area (Å²) >= 11 is 0. The average Bonchev–Trinajstić information content (AvgIpc) is 2.77. The van der Waals surface area contributed by atoms with Crippen LogP contribution >= 0.6 is 0 Å². The van der Waals surface area contributed by atoms with E-state index >= 15 is 0 Å². The third-order valence-electron chi connectivity index (χ3n) is 2.88. The molecule has 0 amide bonds. The molecule has 2 rings (SSSR count). The fourth-order valence-electron chi connectivity index (χ4n) is 1.95. The molecule has 1 aromatic carbocycles. The van der Waals surface area contributed by atoms with Gasteiger partial charge in [-0.2, -0.15) is 0 Å². The van der Waals surface area contributed by atoms with Gasteiger partial charge in [0.05, 0.1) is 5.56 Å². The van der Waals surface area contributed by atoms with Gasteiger partial charge in [-0.1, -0.05) is 0 Å². The first-order valence-corrected chi connectivity index (χ1v) is 5.54. The van der Waals surface area contributed by atoms with Gasteiger partial charge < -0.3 is 20.1 Å². The van der Waals surface area contributed by atoms with Crippen LogP contribution in [0.2, 0.25) is 0 Å². The summed E-state index contributed by atoms with van der Waals surface area (Å²) in [4.78, 5) is 11.7. The lowest BCUT2D eigenvalue weighted by Gasteiger charge is -2.11. The smallest absolute Gasteiger partial charge is 0.338 e. The molecule has 0 radical (unpaired) electrons. The van der Waals surface area contributed by atoms with Gasteiger partial charge >= 0.3 is 5.97 Å². The van der Waals surface area contributed by atoms with Gasteiger partial charge in [0, 0.05) is 0 Å². The number of ether oxygens (including phenoxy) is 1. The van der Waals surface area contributed by atoms with E-state index in [-0.39, 0.29) is 11.7 Å². The molecule has 17 heavy (non-hydrogen) atoms. The number of benzene rings is 1. The Morgan fingerprint density at radius 3 is 2.18 bits per heavy atom. The molecule has 1 aliphatic carbocycles. The van der Waals surface area contributed by atoms with Crippen molar-refractivity contribution in [3.63, 3.8) is 0 Å². The van der Waals surface area contributed by atoms with Gasteiger partial charge in [-0.15, -0.1) is 0 Å². The van der Waals surface area contributed by atoms with Crippen LogP contribution in [0.25, 0.3) is 0 Å². The maximum Gasteiger partial charge on any atom is 0.338 e. The highest BCUT2D eigenvalue weighted by Crippen LogP contribution is 2.35. The summed E-state index contributed by atoms with van der Waals surface area (Å²) < 4.78 is 5.20. The Morgan fingerprint density at radius 1 is 1.12 bits per heavy atom. The highest BCUT2D eigenvalue weighted by Gasteiger charge is 2.21. The first-order valence-electron chi connectivity index (χ1n) is 5.54. The van der Waals surface area contributed by atoms with Crippen LogP contribution in [0.3, 0.4) is 0 Å². The summed E-state index contributed by atoms with van der Waals surface area (Å²) in [5.41, 5.74) is 0.0321. The molecule has 0 bridgehead atoms. The topological polar surface area (TPSA) is 87.0 Å². The van der Waals surface area contributed by atoms with Crippen LogP contribution in [0, 0.1) is 0 Å². The van der Waals surface area contributed by atoms with Crippen molar-refractivity contribution < 1.29 is 24.9 Å². The zero-order valence-corrected chi connectivity index (χ0v) is 9.22. The molecule has 1 saturated carbocycles. The predicted molar refractivity (Wildman–Crippen MR) is 59.1 cm³/mol. The molecule has 1 aliphatic rings. The van der Waals surface area contributed by atoms with Crippen LogP contribution in [-0.2, 0) is 4.74 Å². The number of esters is 1. The zero-order valence-electron chi connectivity index (χ0n) is 9.22. The van der Waals surface area contributed by atoms with E-state index in [1.165, 1.54) is 0 Å². The van der Waals surface area contributed by atoms with Gasteiger partial charge in [-0.25, -0.2) is 4.79 Å². The Morgan fingerprint density at radius 2 is 1.65 bits per heavy atom. The molecule has 0 spiro atoms. The molecule has 5 heteroatoms. The third kappa shape index (κ3) is 2.43. The highest BCUT2D eigenvalue weighted by molar-refractivity contribution is 5.91. The number of aromatic hydroxyl groups is 3. The maximum atomic E-state index is 11.7. The summed E-state index contributed by atoms with van der Waals surface area (Å²) in [7, 11) is 0. The predicted octanol–water partition coefficient (Wildman–Crippen LogP) is 1.90. The van der Waals surface area contributed by atoms with Gasteiger partial charge in [0.2, 0.25) is 0 Å². The third-order valence-corrected chi connectivity index (χ3v) is 2.88. The molecule has 0 aromatic heterocycles. The summed E-state index contributed by atoms with van der Waals surface area (Å²) in [6, 6.07) is 2.15. The fraction of sp³-hybridized carbons (Fsp3) is 0.417. The monoisotopic (exact) mass is 238 g/mol. The van der Waals surface area contributed by atoms with Gasteiger partial charge in [0.25, 0.3) is 0 Å². The lowest BCUT2D eigenvalue weighted by atomic mass is 10.2. The quantitative estimate of drug-likeness (QED) is 0.541. The van der Waals surface area contributed by atoms with E-state index in [2.05, 4.69) is 0 Å². The number of rotatable bonds is 2. The van der Waals surface area contributed by atoms with Crippen molar-refractivity contribution in [1.82, 2.24) is 0 Å². The van der Waals surface area contributed by atoms with Crippen molar-refractivity contribution in [1.29, 1.82) is 0 Å². The van der Waals surface area contributed by atoms with Gasteiger partial charge in [-0.05, 0) is 37.8 Å². The molecular formula is C12H14O5. The van der Waals surface area contributed by atoms with Crippen molar-refractivity contribution in [2.24, 2.45) is 0 Å². The summed E-state index contributed by atoms with van der Waals surface area (Å²) in [5.74, 6) is -2.31. The Kier molecular flexibility index (Phi) is 3.08. The summed E-state index contributed by atoms with van der Waals surface area (Å²) in [6.45, 7) is 0. The number of phenolic OH excluding ortho intramolecular Hbond substituents is 3. The lowest BCUT2D eigenvalue weighted by Crippen LogP contribution is -2.14. The van der Waals surface area contributed by atoms with Crippen LogP contribution in [0.1, 0.15) is 36.0 Å². The fourth-order valence-corrected chi connectivity index (χ4v) is 1.95. The summed E-state index contributed by atoms with van der Waals surface area (Å²) in [6.07, 6.45) is 3.71. The van der Waals surface area contributed by atoms with Gasteiger partial charge in [0.1, 0.15) is 6.10 Å². The Hall–Kier alpha value is -1.91. The number of carbonyl (C=O) groups excluding carboxylic acids is 1. The normalized spacial score (nSPS) is 16.0.